The van der Waals surface area contributed by atoms with Gasteiger partial charge in [0.25, 0.3) is 0 Å². The molecule has 1 aliphatic heterocycles. The number of aromatic nitrogens is 1. The van der Waals surface area contributed by atoms with Crippen LogP contribution >= 0.6 is 0 Å². The van der Waals surface area contributed by atoms with Crippen LogP contribution in [0.2, 0.25) is 0 Å². The lowest BCUT2D eigenvalue weighted by atomic mass is 9.93. The normalized spacial score (nSPS) is 21.3. The second-order valence-electron chi connectivity index (χ2n) is 10.1. The molecule has 2 aromatic carbocycles. The average Bonchev–Trinajstić information content (AvgIpc) is 3.66. The van der Waals surface area contributed by atoms with Crippen LogP contribution in [-0.4, -0.2) is 67.3 Å². The zero-order valence-corrected chi connectivity index (χ0v) is 21.4. The van der Waals surface area contributed by atoms with E-state index in [0.717, 1.165) is 48.5 Å². The number of nitrogens with one attached hydrogen (secondary N) is 1. The number of hydrogen-bond donors (Lipinski definition) is 2. The number of pyridine rings is 1. The van der Waals surface area contributed by atoms with Gasteiger partial charge in [0.15, 0.2) is 11.6 Å². The Morgan fingerprint density at radius 2 is 1.92 bits per heavy atom. The summed E-state index contributed by atoms with van der Waals surface area (Å²) in [4.78, 5) is 33.7. The van der Waals surface area contributed by atoms with Crippen molar-refractivity contribution >= 4 is 28.6 Å². The van der Waals surface area contributed by atoms with Crippen molar-refractivity contribution in [1.29, 1.82) is 0 Å². The van der Waals surface area contributed by atoms with E-state index in [1.807, 2.05) is 30.3 Å². The smallest absolute Gasteiger partial charge is 0.312 e. The number of amides is 1. The predicted molar refractivity (Wildman–Crippen MR) is 138 cm³/mol. The first-order chi connectivity index (χ1) is 18.3. The van der Waals surface area contributed by atoms with Crippen molar-refractivity contribution in [3.8, 4) is 5.75 Å². The molecule has 10 heteroatoms. The molecule has 38 heavy (non-hydrogen) atoms. The summed E-state index contributed by atoms with van der Waals surface area (Å²) < 4.78 is 25.9. The monoisotopic (exact) mass is 522 g/mol. The summed E-state index contributed by atoms with van der Waals surface area (Å²) in [6, 6.07) is 14.4. The van der Waals surface area contributed by atoms with Gasteiger partial charge in [-0.25, -0.2) is 14.9 Å². The van der Waals surface area contributed by atoms with E-state index in [-0.39, 0.29) is 25.2 Å². The van der Waals surface area contributed by atoms with Crippen LogP contribution < -0.4 is 15.1 Å². The van der Waals surface area contributed by atoms with E-state index in [1.54, 1.807) is 11.5 Å². The van der Waals surface area contributed by atoms with Gasteiger partial charge >= 0.3 is 5.97 Å². The molecule has 0 radical (unpaired) electrons. The van der Waals surface area contributed by atoms with Crippen LogP contribution in [0.4, 0.5) is 10.2 Å². The van der Waals surface area contributed by atoms with E-state index in [0.29, 0.717) is 5.56 Å². The summed E-state index contributed by atoms with van der Waals surface area (Å²) in [5.41, 5.74) is 2.77. The number of carbonyl (C=O) groups is 2. The molecule has 0 spiro atoms. The van der Waals surface area contributed by atoms with Crippen LogP contribution in [0.1, 0.15) is 17.5 Å². The molecule has 1 saturated heterocycles. The molecule has 1 saturated carbocycles. The Labute approximate surface area is 220 Å². The number of hydrogen-bond acceptors (Lipinski definition) is 8. The summed E-state index contributed by atoms with van der Waals surface area (Å²) in [7, 11) is 3.35. The highest BCUT2D eigenvalue weighted by atomic mass is 19.1. The highest BCUT2D eigenvalue weighted by Crippen LogP contribution is 2.55. The van der Waals surface area contributed by atoms with Gasteiger partial charge in [0.1, 0.15) is 12.4 Å². The highest BCUT2D eigenvalue weighted by Gasteiger charge is 2.64. The third-order valence-electron chi connectivity index (χ3n) is 7.61. The topological polar surface area (TPSA) is 104 Å². The molecule has 1 aromatic heterocycles. The van der Waals surface area contributed by atoms with Gasteiger partial charge in [-0.05, 0) is 49.7 Å². The molecule has 2 aliphatic rings. The molecular weight excluding hydrogens is 491 g/mol. The molecule has 2 atom stereocenters. The fraction of sp³-hybridized carbons (Fsp3) is 0.393. The lowest BCUT2D eigenvalue weighted by Crippen LogP contribution is -2.44. The Bertz CT molecular complexity index is 1360. The van der Waals surface area contributed by atoms with Crippen LogP contribution in [0.5, 0.6) is 5.75 Å². The van der Waals surface area contributed by atoms with E-state index in [9.17, 15) is 9.59 Å². The number of methoxy groups -OCH3 is 1. The lowest BCUT2D eigenvalue weighted by Gasteiger charge is -2.33. The van der Waals surface area contributed by atoms with Crippen LogP contribution in [0.3, 0.4) is 0 Å². The SMILES string of the molecule is COC(=O)[C@@]1(Cc2ccc(OCc3cc(N4CCN(C)CC4)nc4ccccc34)c(F)c2)C[C@@H]1C(=O)NO. The van der Waals surface area contributed by atoms with Crippen molar-refractivity contribution in [2.24, 2.45) is 11.3 Å². The summed E-state index contributed by atoms with van der Waals surface area (Å²) in [6.45, 7) is 3.84. The van der Waals surface area contributed by atoms with Gasteiger partial charge < -0.3 is 19.3 Å². The van der Waals surface area contributed by atoms with Crippen molar-refractivity contribution in [3.05, 3.63) is 65.5 Å². The lowest BCUT2D eigenvalue weighted by molar-refractivity contribution is -0.149. The molecule has 5 rings (SSSR count). The Morgan fingerprint density at radius 3 is 2.63 bits per heavy atom. The zero-order valence-electron chi connectivity index (χ0n) is 21.4. The Morgan fingerprint density at radius 1 is 1.16 bits per heavy atom. The molecule has 1 aliphatic carbocycles. The van der Waals surface area contributed by atoms with Gasteiger partial charge in [-0.3, -0.25) is 14.8 Å². The van der Waals surface area contributed by atoms with Gasteiger partial charge in [-0.15, -0.1) is 0 Å². The highest BCUT2D eigenvalue weighted by molar-refractivity contribution is 5.93. The number of nitrogens with zero attached hydrogens (tertiary/aromatic N) is 3. The first kappa shape index (κ1) is 25.9. The van der Waals surface area contributed by atoms with Crippen molar-refractivity contribution in [3.63, 3.8) is 0 Å². The minimum Gasteiger partial charge on any atom is -0.486 e. The number of fused-ring (bicyclic) bond motifs is 1. The largest absolute Gasteiger partial charge is 0.486 e. The number of halogens is 1. The Hall–Kier alpha value is -3.76. The molecule has 3 aromatic rings. The molecule has 1 amide bonds. The number of piperazine rings is 1. The van der Waals surface area contributed by atoms with Crippen molar-refractivity contribution in [2.45, 2.75) is 19.4 Å². The van der Waals surface area contributed by atoms with E-state index >= 15 is 4.39 Å². The number of likely N-dealkylation sites (N-methyl/N-ethyl adjacent to an activating group) is 1. The quantitative estimate of drug-likeness (QED) is 0.264. The van der Waals surface area contributed by atoms with Gasteiger partial charge in [-0.2, -0.15) is 0 Å². The first-order valence-electron chi connectivity index (χ1n) is 12.6. The Balaban J connectivity index is 1.33. The Kier molecular flexibility index (Phi) is 7.18. The number of anilines is 1. The van der Waals surface area contributed by atoms with Gasteiger partial charge in [-0.1, -0.05) is 24.3 Å². The van der Waals surface area contributed by atoms with E-state index < -0.39 is 29.0 Å². The van der Waals surface area contributed by atoms with Gasteiger partial charge in [0, 0.05) is 37.1 Å². The number of rotatable bonds is 8. The summed E-state index contributed by atoms with van der Waals surface area (Å²) in [5, 5.41) is 9.91. The first-order valence-corrected chi connectivity index (χ1v) is 12.6. The minimum atomic E-state index is -1.12. The summed E-state index contributed by atoms with van der Waals surface area (Å²) in [6.07, 6.45) is 0.328. The summed E-state index contributed by atoms with van der Waals surface area (Å²) in [5.74, 6) is -1.55. The van der Waals surface area contributed by atoms with Crippen LogP contribution in [0.15, 0.2) is 48.5 Å². The number of carbonyl (C=O) groups excluding carboxylic acids is 2. The predicted octanol–water partition coefficient (Wildman–Crippen LogP) is 2.93. The van der Waals surface area contributed by atoms with Crippen molar-refractivity contribution in [2.75, 3.05) is 45.2 Å². The maximum atomic E-state index is 15.1. The molecule has 2 fully saturated rings. The molecule has 2 heterocycles. The molecule has 0 bridgehead atoms. The van der Waals surface area contributed by atoms with Crippen LogP contribution in [0, 0.1) is 17.2 Å². The maximum absolute atomic E-state index is 15.1. The average molecular weight is 523 g/mol. The van der Waals surface area contributed by atoms with Crippen LogP contribution in [0.25, 0.3) is 10.9 Å². The number of benzene rings is 2. The third kappa shape index (κ3) is 5.01. The molecule has 200 valence electrons. The number of para-hydroxylation sites is 1. The minimum absolute atomic E-state index is 0.0864. The second-order valence-corrected chi connectivity index (χ2v) is 10.1. The van der Waals surface area contributed by atoms with Crippen LogP contribution in [-0.2, 0) is 27.4 Å². The number of ether oxygens (including phenoxy) is 2. The number of esters is 1. The van der Waals surface area contributed by atoms with Crippen molar-refractivity contribution < 1.29 is 28.7 Å². The van der Waals surface area contributed by atoms with Gasteiger partial charge in [0.2, 0.25) is 5.91 Å². The van der Waals surface area contributed by atoms with E-state index in [1.165, 1.54) is 19.2 Å². The van der Waals surface area contributed by atoms with Gasteiger partial charge in [0.05, 0.1) is 24.0 Å². The van der Waals surface area contributed by atoms with E-state index in [2.05, 4.69) is 16.8 Å². The number of hydroxylamine groups is 1. The van der Waals surface area contributed by atoms with E-state index in [4.69, 9.17) is 19.7 Å². The fourth-order valence-corrected chi connectivity index (χ4v) is 5.26. The molecule has 0 unspecified atom stereocenters. The summed E-state index contributed by atoms with van der Waals surface area (Å²) >= 11 is 0. The molecule has 9 nitrogen and oxygen atoms in total. The molecule has 2 N–H and O–H groups in total. The zero-order chi connectivity index (χ0) is 26.9. The molecular formula is C28H31FN4O5. The van der Waals surface area contributed by atoms with Crippen molar-refractivity contribution in [1.82, 2.24) is 15.4 Å². The fourth-order valence-electron chi connectivity index (χ4n) is 5.26. The third-order valence-corrected chi connectivity index (χ3v) is 7.61. The second kappa shape index (κ2) is 10.5. The standard InChI is InChI=1S/C28H31FN4O5/c1-32-9-11-33(12-10-32)25-14-19(20-5-3-4-6-23(20)30-25)17-38-24-8-7-18(13-22(24)29)15-28(27(35)37-2)16-21(28)26(34)31-36/h3-8,13-14,21,36H,9-12,15-17H2,1-2H3,(H,31,34)/t21-,28+/m1/s1. The maximum Gasteiger partial charge on any atom is 0.312 e.